The first-order valence-electron chi connectivity index (χ1n) is 10.0. The first kappa shape index (κ1) is 19.9. The molecular formula is C20H27F2N3O4. The number of halogens is 2. The molecule has 2 atom stereocenters. The summed E-state index contributed by atoms with van der Waals surface area (Å²) in [5, 5.41) is 2.91. The lowest BCUT2D eigenvalue weighted by Gasteiger charge is -2.43. The van der Waals surface area contributed by atoms with Crippen molar-refractivity contribution in [2.75, 3.05) is 39.4 Å². The molecule has 9 heteroatoms. The number of benzene rings is 1. The molecule has 0 unspecified atom stereocenters. The minimum absolute atomic E-state index is 0. The highest BCUT2D eigenvalue weighted by Crippen LogP contribution is 2.24. The van der Waals surface area contributed by atoms with E-state index < -0.39 is 11.6 Å². The Morgan fingerprint density at radius 1 is 1.21 bits per heavy atom. The van der Waals surface area contributed by atoms with Crippen molar-refractivity contribution in [3.8, 4) is 5.75 Å². The average Bonchev–Trinajstić information content (AvgIpc) is 2.72. The van der Waals surface area contributed by atoms with E-state index in [0.29, 0.717) is 39.2 Å². The summed E-state index contributed by atoms with van der Waals surface area (Å²) in [4.78, 5) is 28.0. The fourth-order valence-corrected chi connectivity index (χ4v) is 4.16. The fourth-order valence-electron chi connectivity index (χ4n) is 4.16. The molecule has 1 aromatic rings. The van der Waals surface area contributed by atoms with E-state index in [9.17, 15) is 18.4 Å². The standard InChI is InChI=1S/C20H25F2N3O4.H2/c21-14-1-2-17(15(22)9-14)28-11-13-3-6-24(7-4-13)20(27)25-8-5-18-16(10-25)23-19(26)12-29-18;/h1-2,9,13,16,18H,3-8,10-12H2,(H,23,26);1H/t16-,18+;/m1./s1. The summed E-state index contributed by atoms with van der Waals surface area (Å²) in [7, 11) is 0. The number of hydrogen-bond acceptors (Lipinski definition) is 4. The quantitative estimate of drug-likeness (QED) is 0.826. The number of likely N-dealkylation sites (tertiary alicyclic amines) is 2. The molecule has 160 valence electrons. The SMILES string of the molecule is O=C1CO[C@H]2CCN(C(=O)N3CCC(COc4ccc(F)cc4F)CC3)C[C@H]2N1.[HH]. The minimum atomic E-state index is -0.709. The Kier molecular flexibility index (Phi) is 5.84. The van der Waals surface area contributed by atoms with Crippen LogP contribution in [-0.4, -0.2) is 73.3 Å². The number of nitrogens with one attached hydrogen (secondary N) is 1. The summed E-state index contributed by atoms with van der Waals surface area (Å²) >= 11 is 0. The van der Waals surface area contributed by atoms with Gasteiger partial charge >= 0.3 is 6.03 Å². The molecule has 7 nitrogen and oxygen atoms in total. The van der Waals surface area contributed by atoms with Crippen LogP contribution in [0.4, 0.5) is 13.6 Å². The van der Waals surface area contributed by atoms with Gasteiger partial charge in [-0.25, -0.2) is 13.6 Å². The topological polar surface area (TPSA) is 71.1 Å². The van der Waals surface area contributed by atoms with Gasteiger partial charge in [0.1, 0.15) is 12.4 Å². The molecule has 3 heterocycles. The summed E-state index contributed by atoms with van der Waals surface area (Å²) in [5.41, 5.74) is 0. The molecule has 3 amide bonds. The van der Waals surface area contributed by atoms with Crippen molar-refractivity contribution >= 4 is 11.9 Å². The third-order valence-corrected chi connectivity index (χ3v) is 5.85. The van der Waals surface area contributed by atoms with Crippen LogP contribution in [0.5, 0.6) is 5.75 Å². The van der Waals surface area contributed by atoms with E-state index in [1.54, 1.807) is 4.90 Å². The van der Waals surface area contributed by atoms with Gasteiger partial charge in [-0.3, -0.25) is 4.79 Å². The Hall–Kier alpha value is -2.42. The highest BCUT2D eigenvalue weighted by molar-refractivity contribution is 5.79. The van der Waals surface area contributed by atoms with E-state index in [-0.39, 0.29) is 43.8 Å². The van der Waals surface area contributed by atoms with Gasteiger partial charge in [0.2, 0.25) is 5.91 Å². The number of morpholine rings is 1. The molecule has 0 bridgehead atoms. The van der Waals surface area contributed by atoms with Crippen LogP contribution in [0.25, 0.3) is 0 Å². The van der Waals surface area contributed by atoms with Crippen molar-refractivity contribution in [1.29, 1.82) is 0 Å². The van der Waals surface area contributed by atoms with Gasteiger partial charge in [-0.2, -0.15) is 0 Å². The summed E-state index contributed by atoms with van der Waals surface area (Å²) in [5.74, 6) is -1.23. The highest BCUT2D eigenvalue weighted by atomic mass is 19.1. The first-order chi connectivity index (χ1) is 14.0. The van der Waals surface area contributed by atoms with E-state index >= 15 is 0 Å². The van der Waals surface area contributed by atoms with E-state index in [4.69, 9.17) is 9.47 Å². The van der Waals surface area contributed by atoms with Crippen molar-refractivity contribution in [3.63, 3.8) is 0 Å². The predicted octanol–water partition coefficient (Wildman–Crippen LogP) is 2.01. The third-order valence-electron chi connectivity index (χ3n) is 5.85. The molecule has 29 heavy (non-hydrogen) atoms. The van der Waals surface area contributed by atoms with Gasteiger partial charge in [0.05, 0.1) is 18.8 Å². The Balaban J connectivity index is 0.00000256. The second-order valence-corrected chi connectivity index (χ2v) is 7.86. The molecule has 0 radical (unpaired) electrons. The number of ether oxygens (including phenoxy) is 2. The zero-order valence-electron chi connectivity index (χ0n) is 16.1. The maximum absolute atomic E-state index is 13.7. The number of nitrogens with zero attached hydrogens (tertiary/aromatic N) is 2. The number of rotatable bonds is 3. The van der Waals surface area contributed by atoms with Crippen LogP contribution in [0, 0.1) is 17.6 Å². The molecule has 3 aliphatic heterocycles. The molecule has 0 aliphatic carbocycles. The summed E-state index contributed by atoms with van der Waals surface area (Å²) in [6, 6.07) is 3.10. The van der Waals surface area contributed by atoms with Gasteiger partial charge in [0.15, 0.2) is 11.6 Å². The summed E-state index contributed by atoms with van der Waals surface area (Å²) in [6.07, 6.45) is 2.21. The third kappa shape index (κ3) is 4.60. The Bertz CT molecular complexity index is 776. The van der Waals surface area contributed by atoms with E-state index in [1.807, 2.05) is 4.90 Å². The predicted molar refractivity (Wildman–Crippen MR) is 102 cm³/mol. The van der Waals surface area contributed by atoms with Crippen LogP contribution < -0.4 is 10.1 Å². The van der Waals surface area contributed by atoms with Crippen LogP contribution in [0.2, 0.25) is 0 Å². The molecule has 4 rings (SSSR count). The van der Waals surface area contributed by atoms with Gasteiger partial charge in [0, 0.05) is 33.7 Å². The maximum atomic E-state index is 13.7. The average molecular weight is 411 g/mol. The van der Waals surface area contributed by atoms with Crippen molar-refractivity contribution in [3.05, 3.63) is 29.8 Å². The van der Waals surface area contributed by atoms with Gasteiger partial charge < -0.3 is 24.6 Å². The van der Waals surface area contributed by atoms with Gasteiger partial charge in [-0.05, 0) is 37.3 Å². The number of fused-ring (bicyclic) bond motifs is 1. The van der Waals surface area contributed by atoms with E-state index in [2.05, 4.69) is 5.32 Å². The van der Waals surface area contributed by atoms with E-state index in [0.717, 1.165) is 18.9 Å². The number of urea groups is 1. The Morgan fingerprint density at radius 3 is 2.72 bits per heavy atom. The van der Waals surface area contributed by atoms with Crippen molar-refractivity contribution < 1.29 is 29.3 Å². The monoisotopic (exact) mass is 411 g/mol. The highest BCUT2D eigenvalue weighted by Gasteiger charge is 2.38. The first-order valence-corrected chi connectivity index (χ1v) is 10.0. The van der Waals surface area contributed by atoms with Gasteiger partial charge in [0.25, 0.3) is 0 Å². The van der Waals surface area contributed by atoms with Crippen LogP contribution in [0.15, 0.2) is 18.2 Å². The lowest BCUT2D eigenvalue weighted by atomic mass is 9.97. The molecule has 0 aromatic heterocycles. The second kappa shape index (κ2) is 8.52. The molecule has 3 fully saturated rings. The normalized spacial score (nSPS) is 25.4. The minimum Gasteiger partial charge on any atom is -0.490 e. The number of carbonyl (C=O) groups is 2. The zero-order chi connectivity index (χ0) is 20.4. The van der Waals surface area contributed by atoms with Crippen molar-refractivity contribution in [1.82, 2.24) is 15.1 Å². The summed E-state index contributed by atoms with van der Waals surface area (Å²) in [6.45, 7) is 2.71. The molecule has 3 aliphatic rings. The number of piperidine rings is 2. The number of hydrogen-bond donors (Lipinski definition) is 1. The van der Waals surface area contributed by atoms with Crippen LogP contribution in [-0.2, 0) is 9.53 Å². The summed E-state index contributed by atoms with van der Waals surface area (Å²) < 4.78 is 37.7. The molecule has 1 N–H and O–H groups in total. The van der Waals surface area contributed by atoms with Gasteiger partial charge in [-0.1, -0.05) is 0 Å². The molecular weight excluding hydrogens is 384 g/mol. The van der Waals surface area contributed by atoms with Crippen molar-refractivity contribution in [2.45, 2.75) is 31.4 Å². The Morgan fingerprint density at radius 2 is 1.97 bits per heavy atom. The number of amides is 3. The second-order valence-electron chi connectivity index (χ2n) is 7.86. The maximum Gasteiger partial charge on any atom is 0.320 e. The van der Waals surface area contributed by atoms with Crippen LogP contribution >= 0.6 is 0 Å². The van der Waals surface area contributed by atoms with Gasteiger partial charge in [-0.15, -0.1) is 0 Å². The molecule has 1 aromatic carbocycles. The van der Waals surface area contributed by atoms with E-state index in [1.165, 1.54) is 12.1 Å². The van der Waals surface area contributed by atoms with Crippen molar-refractivity contribution in [2.24, 2.45) is 5.92 Å². The lowest BCUT2D eigenvalue weighted by molar-refractivity contribution is -0.139. The smallest absolute Gasteiger partial charge is 0.320 e. The molecule has 0 spiro atoms. The molecule has 3 saturated heterocycles. The van der Waals surface area contributed by atoms with Crippen LogP contribution in [0.1, 0.15) is 20.7 Å². The lowest BCUT2D eigenvalue weighted by Crippen LogP contribution is -2.62. The largest absolute Gasteiger partial charge is 0.490 e. The zero-order valence-corrected chi connectivity index (χ0v) is 16.1. The number of carbonyl (C=O) groups excluding carboxylic acids is 2. The fraction of sp³-hybridized carbons (Fsp3) is 0.600. The van der Waals surface area contributed by atoms with Crippen LogP contribution in [0.3, 0.4) is 0 Å². The Labute approximate surface area is 169 Å². The molecule has 0 saturated carbocycles.